The quantitative estimate of drug-likeness (QED) is 0.479. The molecule has 2 saturated heterocycles. The number of hydrogen-bond acceptors (Lipinski definition) is 6. The third kappa shape index (κ3) is 5.38. The van der Waals surface area contributed by atoms with E-state index in [9.17, 15) is 14.9 Å². The molecule has 0 unspecified atom stereocenters. The minimum atomic E-state index is -0.290. The van der Waals surface area contributed by atoms with Gasteiger partial charge < -0.3 is 19.4 Å². The van der Waals surface area contributed by atoms with Crippen LogP contribution in [0.4, 0.5) is 17.1 Å². The first kappa shape index (κ1) is 22.9. The van der Waals surface area contributed by atoms with Crippen LogP contribution in [-0.4, -0.2) is 61.1 Å². The standard InChI is InChI=1S/C25H32N4O4/c1-19(2)33-22-9-6-20(7-10-22)25(30)28-16-14-26(15-17-28)21-8-11-23(29(31)32)24(18-21)27-12-4-3-5-13-27/h6-11,18-19H,3-5,12-17H2,1-2H3. The summed E-state index contributed by atoms with van der Waals surface area (Å²) in [6, 6.07) is 12.7. The van der Waals surface area contributed by atoms with Crippen LogP contribution in [0, 0.1) is 10.1 Å². The summed E-state index contributed by atoms with van der Waals surface area (Å²) in [5.41, 5.74) is 2.50. The highest BCUT2D eigenvalue weighted by atomic mass is 16.6. The summed E-state index contributed by atoms with van der Waals surface area (Å²) in [5, 5.41) is 11.6. The lowest BCUT2D eigenvalue weighted by atomic mass is 10.1. The van der Waals surface area contributed by atoms with Crippen LogP contribution in [-0.2, 0) is 0 Å². The summed E-state index contributed by atoms with van der Waals surface area (Å²) in [5.74, 6) is 0.775. The topological polar surface area (TPSA) is 79.2 Å². The van der Waals surface area contributed by atoms with Crippen LogP contribution in [0.2, 0.25) is 0 Å². The maximum Gasteiger partial charge on any atom is 0.292 e. The number of piperidine rings is 1. The van der Waals surface area contributed by atoms with Crippen molar-refractivity contribution in [2.45, 2.75) is 39.2 Å². The molecule has 0 atom stereocenters. The van der Waals surface area contributed by atoms with E-state index in [0.29, 0.717) is 37.4 Å². The van der Waals surface area contributed by atoms with Crippen LogP contribution < -0.4 is 14.5 Å². The lowest BCUT2D eigenvalue weighted by Gasteiger charge is -2.37. The van der Waals surface area contributed by atoms with Crippen molar-refractivity contribution in [2.75, 3.05) is 49.1 Å². The molecule has 0 saturated carbocycles. The Bertz CT molecular complexity index is 978. The average molecular weight is 453 g/mol. The smallest absolute Gasteiger partial charge is 0.292 e. The fraction of sp³-hybridized carbons (Fsp3) is 0.480. The zero-order valence-electron chi connectivity index (χ0n) is 19.4. The molecule has 176 valence electrons. The number of benzene rings is 2. The molecule has 2 aromatic rings. The van der Waals surface area contributed by atoms with Gasteiger partial charge >= 0.3 is 0 Å². The van der Waals surface area contributed by atoms with E-state index in [0.717, 1.165) is 37.4 Å². The molecule has 4 rings (SSSR count). The summed E-state index contributed by atoms with van der Waals surface area (Å²) in [6.07, 6.45) is 3.39. The van der Waals surface area contributed by atoms with Gasteiger partial charge in [0.15, 0.2) is 0 Å². The van der Waals surface area contributed by atoms with Gasteiger partial charge in [-0.3, -0.25) is 14.9 Å². The Morgan fingerprint density at radius 2 is 1.58 bits per heavy atom. The van der Waals surface area contributed by atoms with Gasteiger partial charge in [0.25, 0.3) is 11.6 Å². The number of nitro groups is 1. The van der Waals surface area contributed by atoms with Crippen LogP contribution in [0.5, 0.6) is 5.75 Å². The number of carbonyl (C=O) groups excluding carboxylic acids is 1. The third-order valence-electron chi connectivity index (χ3n) is 6.26. The van der Waals surface area contributed by atoms with Crippen molar-refractivity contribution in [1.82, 2.24) is 4.90 Å². The van der Waals surface area contributed by atoms with Crippen molar-refractivity contribution in [1.29, 1.82) is 0 Å². The summed E-state index contributed by atoms with van der Waals surface area (Å²) in [6.45, 7) is 8.26. The van der Waals surface area contributed by atoms with Gasteiger partial charge in [-0.15, -0.1) is 0 Å². The predicted molar refractivity (Wildman–Crippen MR) is 129 cm³/mol. The van der Waals surface area contributed by atoms with E-state index in [1.54, 1.807) is 6.07 Å². The molecular weight excluding hydrogens is 420 g/mol. The maximum absolute atomic E-state index is 12.9. The minimum Gasteiger partial charge on any atom is -0.491 e. The molecule has 0 bridgehead atoms. The number of amides is 1. The van der Waals surface area contributed by atoms with Gasteiger partial charge in [0.2, 0.25) is 0 Å². The number of carbonyl (C=O) groups is 1. The van der Waals surface area contributed by atoms with E-state index in [2.05, 4.69) is 9.80 Å². The van der Waals surface area contributed by atoms with Crippen molar-refractivity contribution >= 4 is 23.0 Å². The van der Waals surface area contributed by atoms with E-state index in [4.69, 9.17) is 4.74 Å². The Morgan fingerprint density at radius 1 is 0.909 bits per heavy atom. The van der Waals surface area contributed by atoms with Crippen molar-refractivity contribution in [3.8, 4) is 5.75 Å². The first-order valence-electron chi connectivity index (χ1n) is 11.8. The highest BCUT2D eigenvalue weighted by Gasteiger charge is 2.26. The minimum absolute atomic E-state index is 0.0171. The lowest BCUT2D eigenvalue weighted by Crippen LogP contribution is -2.48. The highest BCUT2D eigenvalue weighted by Crippen LogP contribution is 2.34. The number of anilines is 2. The number of rotatable bonds is 6. The van der Waals surface area contributed by atoms with Crippen LogP contribution in [0.25, 0.3) is 0 Å². The van der Waals surface area contributed by atoms with Crippen molar-refractivity contribution in [2.24, 2.45) is 0 Å². The third-order valence-corrected chi connectivity index (χ3v) is 6.26. The summed E-state index contributed by atoms with van der Waals surface area (Å²) in [7, 11) is 0. The van der Waals surface area contributed by atoms with E-state index >= 15 is 0 Å². The number of nitrogens with zero attached hydrogens (tertiary/aromatic N) is 4. The van der Waals surface area contributed by atoms with Gasteiger partial charge in [-0.25, -0.2) is 0 Å². The summed E-state index contributed by atoms with van der Waals surface area (Å²) in [4.78, 5) is 30.5. The number of nitro benzene ring substituents is 1. The number of hydrogen-bond donors (Lipinski definition) is 0. The van der Waals surface area contributed by atoms with E-state index < -0.39 is 0 Å². The van der Waals surface area contributed by atoms with Crippen LogP contribution >= 0.6 is 0 Å². The van der Waals surface area contributed by atoms with Gasteiger partial charge in [0, 0.05) is 56.6 Å². The van der Waals surface area contributed by atoms with Gasteiger partial charge in [0.05, 0.1) is 11.0 Å². The molecule has 8 heteroatoms. The molecule has 1 amide bonds. The molecule has 2 aromatic carbocycles. The SMILES string of the molecule is CC(C)Oc1ccc(C(=O)N2CCN(c3ccc([N+](=O)[O-])c(N4CCCCC4)c3)CC2)cc1. The second-order valence-electron chi connectivity index (χ2n) is 8.95. The van der Waals surface area contributed by atoms with E-state index in [-0.39, 0.29) is 22.6 Å². The monoisotopic (exact) mass is 452 g/mol. The van der Waals surface area contributed by atoms with Crippen LogP contribution in [0.1, 0.15) is 43.5 Å². The fourth-order valence-electron chi connectivity index (χ4n) is 4.55. The summed E-state index contributed by atoms with van der Waals surface area (Å²) >= 11 is 0. The first-order chi connectivity index (χ1) is 15.9. The lowest BCUT2D eigenvalue weighted by molar-refractivity contribution is -0.384. The molecule has 0 aliphatic carbocycles. The molecule has 2 fully saturated rings. The van der Waals surface area contributed by atoms with Crippen molar-refractivity contribution < 1.29 is 14.5 Å². The molecule has 33 heavy (non-hydrogen) atoms. The predicted octanol–water partition coefficient (Wildman–Crippen LogP) is 4.33. The molecule has 0 N–H and O–H groups in total. The fourth-order valence-corrected chi connectivity index (χ4v) is 4.55. The molecule has 0 aromatic heterocycles. The van der Waals surface area contributed by atoms with E-state index in [1.807, 2.05) is 55.1 Å². The molecule has 2 aliphatic heterocycles. The second-order valence-corrected chi connectivity index (χ2v) is 8.95. The van der Waals surface area contributed by atoms with Gasteiger partial charge in [-0.1, -0.05) is 0 Å². The first-order valence-corrected chi connectivity index (χ1v) is 11.8. The highest BCUT2D eigenvalue weighted by molar-refractivity contribution is 5.94. The largest absolute Gasteiger partial charge is 0.491 e. The van der Waals surface area contributed by atoms with Gasteiger partial charge in [-0.05, 0) is 69.5 Å². The Kier molecular flexibility index (Phi) is 7.01. The zero-order valence-corrected chi connectivity index (χ0v) is 19.4. The second kappa shape index (κ2) is 10.1. The Labute approximate surface area is 194 Å². The van der Waals surface area contributed by atoms with Crippen LogP contribution in [0.15, 0.2) is 42.5 Å². The maximum atomic E-state index is 12.9. The van der Waals surface area contributed by atoms with E-state index in [1.165, 1.54) is 6.42 Å². The van der Waals surface area contributed by atoms with Crippen LogP contribution in [0.3, 0.4) is 0 Å². The number of piperazine rings is 1. The molecule has 2 heterocycles. The average Bonchev–Trinajstić information content (AvgIpc) is 2.84. The molecular formula is C25H32N4O4. The zero-order chi connectivity index (χ0) is 23.4. The molecule has 2 aliphatic rings. The molecule has 8 nitrogen and oxygen atoms in total. The Morgan fingerprint density at radius 3 is 2.18 bits per heavy atom. The molecule has 0 spiro atoms. The Balaban J connectivity index is 1.42. The molecule has 0 radical (unpaired) electrons. The normalized spacial score (nSPS) is 16.8. The van der Waals surface area contributed by atoms with Gasteiger partial charge in [-0.2, -0.15) is 0 Å². The van der Waals surface area contributed by atoms with Crippen molar-refractivity contribution in [3.63, 3.8) is 0 Å². The Hall–Kier alpha value is -3.29. The summed E-state index contributed by atoms with van der Waals surface area (Å²) < 4.78 is 5.66. The number of ether oxygens (including phenoxy) is 1. The van der Waals surface area contributed by atoms with Crippen molar-refractivity contribution in [3.05, 3.63) is 58.1 Å². The van der Waals surface area contributed by atoms with Gasteiger partial charge in [0.1, 0.15) is 11.4 Å².